The Labute approximate surface area is 197 Å². The Balaban J connectivity index is 1.65. The number of amides is 2. The molecule has 3 aromatic carbocycles. The number of hydrogen-bond donors (Lipinski definition) is 2. The molecule has 0 spiro atoms. The van der Waals surface area contributed by atoms with Crippen LogP contribution in [0.4, 0.5) is 5.69 Å². The van der Waals surface area contributed by atoms with Crippen molar-refractivity contribution in [1.82, 2.24) is 5.32 Å². The predicted molar refractivity (Wildman–Crippen MR) is 131 cm³/mol. The van der Waals surface area contributed by atoms with Gasteiger partial charge in [0.2, 0.25) is 0 Å². The molecule has 0 aliphatic carbocycles. The van der Waals surface area contributed by atoms with E-state index in [-0.39, 0.29) is 17.9 Å². The zero-order chi connectivity index (χ0) is 23.1. The van der Waals surface area contributed by atoms with E-state index in [0.29, 0.717) is 39.6 Å². The number of carbonyl (C=O) groups is 2. The molecule has 5 nitrogen and oxygen atoms in total. The van der Waals surface area contributed by atoms with Crippen molar-refractivity contribution in [3.63, 3.8) is 0 Å². The molecule has 3 aromatic rings. The molecule has 0 radical (unpaired) electrons. The number of rotatable bonds is 8. The first kappa shape index (κ1) is 23.5. The maximum Gasteiger partial charge on any atom is 0.255 e. The third-order valence-electron chi connectivity index (χ3n) is 4.80. The van der Waals surface area contributed by atoms with Crippen molar-refractivity contribution >= 4 is 33.4 Å². The second-order valence-electron chi connectivity index (χ2n) is 7.99. The molecular weight excluding hydrogens is 468 g/mol. The van der Waals surface area contributed by atoms with Gasteiger partial charge < -0.3 is 15.4 Å². The van der Waals surface area contributed by atoms with Crippen LogP contribution in [0, 0.1) is 5.92 Å². The third-order valence-corrected chi connectivity index (χ3v) is 5.42. The topological polar surface area (TPSA) is 67.4 Å². The molecule has 0 heterocycles. The van der Waals surface area contributed by atoms with Crippen LogP contribution in [0.25, 0.3) is 0 Å². The molecule has 0 fully saturated rings. The summed E-state index contributed by atoms with van der Waals surface area (Å²) < 4.78 is 6.45. The standard InChI is InChI=1S/C26H27BrN2O3/c1-17(2)16-32-24-13-12-21(15-23(24)27)26(31)29-22-11-7-10-20(14-22)25(30)28-18(3)19-8-5-4-6-9-19/h4-15,17-18H,16H2,1-3H3,(H,28,30)(H,29,31). The lowest BCUT2D eigenvalue weighted by atomic mass is 10.1. The Hall–Kier alpha value is -3.12. The molecule has 0 aromatic heterocycles. The van der Waals surface area contributed by atoms with Crippen molar-refractivity contribution in [1.29, 1.82) is 0 Å². The maximum absolute atomic E-state index is 12.7. The lowest BCUT2D eigenvalue weighted by molar-refractivity contribution is 0.0938. The molecular formula is C26H27BrN2O3. The number of hydrogen-bond acceptors (Lipinski definition) is 3. The van der Waals surface area contributed by atoms with Crippen molar-refractivity contribution in [2.24, 2.45) is 5.92 Å². The van der Waals surface area contributed by atoms with Crippen LogP contribution < -0.4 is 15.4 Å². The monoisotopic (exact) mass is 494 g/mol. The third kappa shape index (κ3) is 6.44. The molecule has 32 heavy (non-hydrogen) atoms. The first-order valence-electron chi connectivity index (χ1n) is 10.5. The minimum absolute atomic E-state index is 0.129. The zero-order valence-electron chi connectivity index (χ0n) is 18.4. The number of benzene rings is 3. The largest absolute Gasteiger partial charge is 0.492 e. The fourth-order valence-corrected chi connectivity index (χ4v) is 3.56. The fraction of sp³-hybridized carbons (Fsp3) is 0.231. The Morgan fingerprint density at radius 3 is 2.28 bits per heavy atom. The second kappa shape index (κ2) is 11.0. The Kier molecular flexibility index (Phi) is 8.06. The highest BCUT2D eigenvalue weighted by Gasteiger charge is 2.14. The quantitative estimate of drug-likeness (QED) is 0.390. The van der Waals surface area contributed by atoms with Gasteiger partial charge in [-0.25, -0.2) is 0 Å². The smallest absolute Gasteiger partial charge is 0.255 e. The number of ether oxygens (including phenoxy) is 1. The van der Waals surface area contributed by atoms with E-state index in [1.54, 1.807) is 42.5 Å². The molecule has 0 bridgehead atoms. The molecule has 6 heteroatoms. The van der Waals surface area contributed by atoms with E-state index in [0.717, 1.165) is 5.56 Å². The minimum Gasteiger partial charge on any atom is -0.492 e. The van der Waals surface area contributed by atoms with Gasteiger partial charge in [-0.15, -0.1) is 0 Å². The molecule has 3 rings (SSSR count). The van der Waals surface area contributed by atoms with E-state index in [1.807, 2.05) is 37.3 Å². The van der Waals surface area contributed by atoms with E-state index >= 15 is 0 Å². The van der Waals surface area contributed by atoms with E-state index < -0.39 is 0 Å². The molecule has 1 unspecified atom stereocenters. The van der Waals surface area contributed by atoms with Gasteiger partial charge >= 0.3 is 0 Å². The number of nitrogens with one attached hydrogen (secondary N) is 2. The summed E-state index contributed by atoms with van der Waals surface area (Å²) in [7, 11) is 0. The summed E-state index contributed by atoms with van der Waals surface area (Å²) >= 11 is 3.47. The van der Waals surface area contributed by atoms with E-state index in [1.165, 1.54) is 0 Å². The molecule has 0 aliphatic rings. The van der Waals surface area contributed by atoms with E-state index in [4.69, 9.17) is 4.74 Å². The normalized spacial score (nSPS) is 11.7. The van der Waals surface area contributed by atoms with Gasteiger partial charge in [0.1, 0.15) is 5.75 Å². The van der Waals surface area contributed by atoms with Crippen LogP contribution in [0.1, 0.15) is 53.1 Å². The summed E-state index contributed by atoms with van der Waals surface area (Å²) in [5.74, 6) is 0.634. The van der Waals surface area contributed by atoms with Crippen LogP contribution >= 0.6 is 15.9 Å². The maximum atomic E-state index is 12.7. The molecule has 166 valence electrons. The molecule has 1 atom stereocenters. The van der Waals surface area contributed by atoms with Gasteiger partial charge in [0.05, 0.1) is 17.1 Å². The molecule has 0 aliphatic heterocycles. The summed E-state index contributed by atoms with van der Waals surface area (Å²) in [5.41, 5.74) is 2.54. The molecule has 2 N–H and O–H groups in total. The van der Waals surface area contributed by atoms with Crippen LogP contribution in [-0.2, 0) is 0 Å². The highest BCUT2D eigenvalue weighted by Crippen LogP contribution is 2.27. The van der Waals surface area contributed by atoms with Crippen LogP contribution in [0.15, 0.2) is 77.3 Å². The summed E-state index contributed by atoms with van der Waals surface area (Å²) in [5, 5.41) is 5.84. The number of anilines is 1. The van der Waals surface area contributed by atoms with Crippen LogP contribution in [-0.4, -0.2) is 18.4 Å². The van der Waals surface area contributed by atoms with Crippen LogP contribution in [0.2, 0.25) is 0 Å². The van der Waals surface area contributed by atoms with Crippen LogP contribution in [0.5, 0.6) is 5.75 Å². The van der Waals surface area contributed by atoms with Gasteiger partial charge in [-0.05, 0) is 70.7 Å². The van der Waals surface area contributed by atoms with Gasteiger partial charge in [0.25, 0.3) is 11.8 Å². The van der Waals surface area contributed by atoms with Gasteiger partial charge in [0, 0.05) is 16.8 Å². The van der Waals surface area contributed by atoms with E-state index in [2.05, 4.69) is 40.4 Å². The lowest BCUT2D eigenvalue weighted by Gasteiger charge is -2.15. The summed E-state index contributed by atoms with van der Waals surface area (Å²) in [4.78, 5) is 25.4. The van der Waals surface area contributed by atoms with Gasteiger partial charge in [-0.3, -0.25) is 9.59 Å². The Morgan fingerprint density at radius 2 is 1.59 bits per heavy atom. The minimum atomic E-state index is -0.267. The summed E-state index contributed by atoms with van der Waals surface area (Å²) in [6, 6.07) is 21.7. The Bertz CT molecular complexity index is 1080. The van der Waals surface area contributed by atoms with Crippen molar-refractivity contribution in [3.05, 3.63) is 94.0 Å². The van der Waals surface area contributed by atoms with Gasteiger partial charge in [0.15, 0.2) is 0 Å². The summed E-state index contributed by atoms with van der Waals surface area (Å²) in [6.45, 7) is 6.69. The van der Waals surface area contributed by atoms with Gasteiger partial charge in [-0.2, -0.15) is 0 Å². The van der Waals surface area contributed by atoms with E-state index in [9.17, 15) is 9.59 Å². The zero-order valence-corrected chi connectivity index (χ0v) is 20.0. The van der Waals surface area contributed by atoms with Crippen molar-refractivity contribution in [2.75, 3.05) is 11.9 Å². The first-order chi connectivity index (χ1) is 15.3. The highest BCUT2D eigenvalue weighted by molar-refractivity contribution is 9.10. The molecule has 0 saturated heterocycles. The first-order valence-corrected chi connectivity index (χ1v) is 11.3. The van der Waals surface area contributed by atoms with Crippen molar-refractivity contribution < 1.29 is 14.3 Å². The second-order valence-corrected chi connectivity index (χ2v) is 8.85. The fourth-order valence-electron chi connectivity index (χ4n) is 3.06. The lowest BCUT2D eigenvalue weighted by Crippen LogP contribution is -2.26. The summed E-state index contributed by atoms with van der Waals surface area (Å²) in [6.07, 6.45) is 0. The van der Waals surface area contributed by atoms with Crippen LogP contribution in [0.3, 0.4) is 0 Å². The number of carbonyl (C=O) groups excluding carboxylic acids is 2. The van der Waals surface area contributed by atoms with Crippen molar-refractivity contribution in [3.8, 4) is 5.75 Å². The SMILES string of the molecule is CC(C)COc1ccc(C(=O)Nc2cccc(C(=O)NC(C)c3ccccc3)c2)cc1Br. The number of halogens is 1. The van der Waals surface area contributed by atoms with Gasteiger partial charge in [-0.1, -0.05) is 50.2 Å². The Morgan fingerprint density at radius 1 is 0.875 bits per heavy atom. The predicted octanol–water partition coefficient (Wildman–Crippen LogP) is 6.23. The average Bonchev–Trinajstić information content (AvgIpc) is 2.78. The highest BCUT2D eigenvalue weighted by atomic mass is 79.9. The molecule has 2 amide bonds. The van der Waals surface area contributed by atoms with Crippen molar-refractivity contribution in [2.45, 2.75) is 26.8 Å². The molecule has 0 saturated carbocycles. The average molecular weight is 495 g/mol.